The number of likely N-dealkylation sites (tertiary alicyclic amines) is 1. The fourth-order valence-electron chi connectivity index (χ4n) is 2.32. The van der Waals surface area contributed by atoms with Gasteiger partial charge in [-0.05, 0) is 31.9 Å². The number of amides is 2. The summed E-state index contributed by atoms with van der Waals surface area (Å²) >= 11 is 5.98. The molecule has 0 radical (unpaired) electrons. The highest BCUT2D eigenvalue weighted by atomic mass is 35.5. The van der Waals surface area contributed by atoms with Crippen molar-refractivity contribution in [3.8, 4) is 0 Å². The van der Waals surface area contributed by atoms with Crippen molar-refractivity contribution >= 4 is 29.1 Å². The molecule has 0 aromatic heterocycles. The lowest BCUT2D eigenvalue weighted by atomic mass is 10.1. The van der Waals surface area contributed by atoms with Crippen molar-refractivity contribution in [2.24, 2.45) is 0 Å². The maximum atomic E-state index is 12.2. The summed E-state index contributed by atoms with van der Waals surface area (Å²) in [7, 11) is 0. The Hall–Kier alpha value is -1.75. The molecule has 0 aliphatic carbocycles. The number of rotatable bonds is 3. The zero-order valence-corrected chi connectivity index (χ0v) is 12.1. The van der Waals surface area contributed by atoms with Gasteiger partial charge in [0.15, 0.2) is 0 Å². The number of carbonyl (C=O) groups is 2. The number of nitrogen functional groups attached to an aromatic ring is 1. The second-order valence-electron chi connectivity index (χ2n) is 4.93. The van der Waals surface area contributed by atoms with Crippen molar-refractivity contribution in [1.82, 2.24) is 10.2 Å². The predicted molar refractivity (Wildman–Crippen MR) is 78.6 cm³/mol. The van der Waals surface area contributed by atoms with Gasteiger partial charge in [-0.25, -0.2) is 0 Å². The van der Waals surface area contributed by atoms with Crippen molar-refractivity contribution in [3.05, 3.63) is 28.8 Å². The highest BCUT2D eigenvalue weighted by Crippen LogP contribution is 2.21. The third-order valence-corrected chi connectivity index (χ3v) is 3.72. The molecule has 0 bridgehead atoms. The smallest absolute Gasteiger partial charge is 0.255 e. The maximum Gasteiger partial charge on any atom is 0.255 e. The normalized spacial score (nSPS) is 16.0. The molecule has 5 nitrogen and oxygen atoms in total. The van der Waals surface area contributed by atoms with Gasteiger partial charge in [0, 0.05) is 18.8 Å². The van der Waals surface area contributed by atoms with E-state index in [0.29, 0.717) is 5.69 Å². The summed E-state index contributed by atoms with van der Waals surface area (Å²) in [5.41, 5.74) is 6.28. The lowest BCUT2D eigenvalue weighted by Crippen LogP contribution is -2.46. The van der Waals surface area contributed by atoms with Crippen molar-refractivity contribution in [3.63, 3.8) is 0 Å². The Kier molecular flexibility index (Phi) is 4.49. The maximum absolute atomic E-state index is 12.2. The number of hydrogen-bond acceptors (Lipinski definition) is 3. The van der Waals surface area contributed by atoms with Crippen LogP contribution in [0, 0.1) is 0 Å². The molecule has 108 valence electrons. The van der Waals surface area contributed by atoms with Gasteiger partial charge in [0.05, 0.1) is 10.6 Å². The number of carbonyl (C=O) groups excluding carboxylic acids is 2. The van der Waals surface area contributed by atoms with Gasteiger partial charge < -0.3 is 16.0 Å². The van der Waals surface area contributed by atoms with E-state index in [1.165, 1.54) is 0 Å². The molecule has 20 heavy (non-hydrogen) atoms. The second-order valence-corrected chi connectivity index (χ2v) is 5.34. The molecule has 2 amide bonds. The number of nitrogens with zero attached hydrogens (tertiary/aromatic N) is 1. The zero-order valence-electron chi connectivity index (χ0n) is 11.4. The Morgan fingerprint density at radius 1 is 1.35 bits per heavy atom. The van der Waals surface area contributed by atoms with E-state index in [0.717, 1.165) is 25.9 Å². The number of halogens is 1. The van der Waals surface area contributed by atoms with Crippen LogP contribution in [0.3, 0.4) is 0 Å². The van der Waals surface area contributed by atoms with Gasteiger partial charge in [-0.2, -0.15) is 0 Å². The van der Waals surface area contributed by atoms with Crippen molar-refractivity contribution in [2.75, 3.05) is 18.8 Å². The molecule has 1 aromatic carbocycles. The molecule has 6 heteroatoms. The van der Waals surface area contributed by atoms with Gasteiger partial charge >= 0.3 is 0 Å². The van der Waals surface area contributed by atoms with Crippen LogP contribution >= 0.6 is 11.6 Å². The first-order valence-electron chi connectivity index (χ1n) is 6.64. The molecule has 1 fully saturated rings. The third kappa shape index (κ3) is 3.04. The number of nitrogens with one attached hydrogen (secondary N) is 1. The van der Waals surface area contributed by atoms with Crippen molar-refractivity contribution in [1.29, 1.82) is 0 Å². The van der Waals surface area contributed by atoms with Crippen molar-refractivity contribution < 1.29 is 9.59 Å². The average molecular weight is 296 g/mol. The summed E-state index contributed by atoms with van der Waals surface area (Å²) in [6.07, 6.45) is 2.04. The van der Waals surface area contributed by atoms with Gasteiger partial charge in [0.2, 0.25) is 5.91 Å². The van der Waals surface area contributed by atoms with Crippen LogP contribution in [0.25, 0.3) is 0 Å². The molecule has 0 saturated carbocycles. The van der Waals surface area contributed by atoms with E-state index in [1.54, 1.807) is 30.0 Å². The van der Waals surface area contributed by atoms with Crippen LogP contribution in [0.1, 0.15) is 30.1 Å². The minimum absolute atomic E-state index is 0.0681. The molecule has 3 N–H and O–H groups in total. The first kappa shape index (κ1) is 14.7. The minimum Gasteiger partial charge on any atom is -0.398 e. The SMILES string of the molecule is CC(NC(=O)c1c(N)cccc1Cl)C(=O)N1CCCC1. The van der Waals surface area contributed by atoms with Crippen molar-refractivity contribution in [2.45, 2.75) is 25.8 Å². The molecule has 1 aliphatic heterocycles. The predicted octanol–water partition coefficient (Wildman–Crippen LogP) is 1.66. The van der Waals surface area contributed by atoms with E-state index in [4.69, 9.17) is 17.3 Å². The van der Waals surface area contributed by atoms with Crippen LogP contribution < -0.4 is 11.1 Å². The highest BCUT2D eigenvalue weighted by molar-refractivity contribution is 6.34. The van der Waals surface area contributed by atoms with E-state index < -0.39 is 11.9 Å². The summed E-state index contributed by atoms with van der Waals surface area (Å²) in [6.45, 7) is 3.19. The average Bonchev–Trinajstić information content (AvgIpc) is 2.91. The van der Waals surface area contributed by atoms with Crippen LogP contribution in [-0.4, -0.2) is 35.8 Å². The molecule has 0 spiro atoms. The fraction of sp³-hybridized carbons (Fsp3) is 0.429. The number of benzene rings is 1. The Labute approximate surface area is 123 Å². The molecule has 1 aromatic rings. The Bertz CT molecular complexity index is 507. The highest BCUT2D eigenvalue weighted by Gasteiger charge is 2.25. The summed E-state index contributed by atoms with van der Waals surface area (Å²) in [5.74, 6) is -0.491. The molecule has 1 aliphatic rings. The van der Waals surface area contributed by atoms with E-state index in [1.807, 2.05) is 0 Å². The Balaban J connectivity index is 2.05. The summed E-state index contributed by atoms with van der Waals surface area (Å²) in [4.78, 5) is 26.1. The Morgan fingerprint density at radius 2 is 2.00 bits per heavy atom. The molecule has 1 unspecified atom stereocenters. The molecule has 1 heterocycles. The Morgan fingerprint density at radius 3 is 2.60 bits per heavy atom. The first-order chi connectivity index (χ1) is 9.50. The number of anilines is 1. The van der Waals surface area contributed by atoms with Gasteiger partial charge in [0.1, 0.15) is 6.04 Å². The minimum atomic E-state index is -0.587. The monoisotopic (exact) mass is 295 g/mol. The number of hydrogen-bond donors (Lipinski definition) is 2. The van der Waals surface area contributed by atoms with Gasteiger partial charge in [0.25, 0.3) is 5.91 Å². The van der Waals surface area contributed by atoms with E-state index in [2.05, 4.69) is 5.32 Å². The first-order valence-corrected chi connectivity index (χ1v) is 7.02. The topological polar surface area (TPSA) is 75.4 Å². The van der Waals surface area contributed by atoms with Gasteiger partial charge in [-0.3, -0.25) is 9.59 Å². The van der Waals surface area contributed by atoms with Crippen LogP contribution in [-0.2, 0) is 4.79 Å². The molecule has 2 rings (SSSR count). The van der Waals surface area contributed by atoms with Crippen LogP contribution in [0.15, 0.2) is 18.2 Å². The zero-order chi connectivity index (χ0) is 14.7. The lowest BCUT2D eigenvalue weighted by Gasteiger charge is -2.21. The summed E-state index contributed by atoms with van der Waals surface area (Å²) < 4.78 is 0. The largest absolute Gasteiger partial charge is 0.398 e. The van der Waals surface area contributed by atoms with E-state index in [-0.39, 0.29) is 16.5 Å². The van der Waals surface area contributed by atoms with Crippen LogP contribution in [0.5, 0.6) is 0 Å². The standard InChI is InChI=1S/C14H18ClN3O2/c1-9(14(20)18-7-2-3-8-18)17-13(19)12-10(15)5-4-6-11(12)16/h4-6,9H,2-3,7-8,16H2,1H3,(H,17,19). The molecule has 1 atom stereocenters. The van der Waals surface area contributed by atoms with Gasteiger partial charge in [-0.15, -0.1) is 0 Å². The van der Waals surface area contributed by atoms with Crippen LogP contribution in [0.2, 0.25) is 5.02 Å². The van der Waals surface area contributed by atoms with Gasteiger partial charge in [-0.1, -0.05) is 17.7 Å². The molecular weight excluding hydrogens is 278 g/mol. The number of nitrogens with two attached hydrogens (primary N) is 1. The van der Waals surface area contributed by atoms with E-state index in [9.17, 15) is 9.59 Å². The third-order valence-electron chi connectivity index (χ3n) is 3.41. The quantitative estimate of drug-likeness (QED) is 0.833. The van der Waals surface area contributed by atoms with Crippen LogP contribution in [0.4, 0.5) is 5.69 Å². The second kappa shape index (κ2) is 6.13. The fourth-order valence-corrected chi connectivity index (χ4v) is 2.59. The lowest BCUT2D eigenvalue weighted by molar-refractivity contribution is -0.131. The molecular formula is C14H18ClN3O2. The summed E-state index contributed by atoms with van der Waals surface area (Å²) in [5, 5.41) is 2.94. The van der Waals surface area contributed by atoms with E-state index >= 15 is 0 Å². The molecule has 1 saturated heterocycles. The summed E-state index contributed by atoms with van der Waals surface area (Å²) in [6, 6.07) is 4.29.